The van der Waals surface area contributed by atoms with Gasteiger partial charge in [0.15, 0.2) is 0 Å². The molecule has 3 aromatic rings. The quantitative estimate of drug-likeness (QED) is 0.475. The predicted octanol–water partition coefficient (Wildman–Crippen LogP) is 3.65. The fourth-order valence-electron chi connectivity index (χ4n) is 3.33. The molecule has 0 fully saturated rings. The Labute approximate surface area is 179 Å². The molecule has 2 aromatic carbocycles. The highest BCUT2D eigenvalue weighted by molar-refractivity contribution is 6.18. The lowest BCUT2D eigenvalue weighted by molar-refractivity contribution is -0.138. The number of imidazole rings is 1. The number of alkyl halides is 2. The summed E-state index contributed by atoms with van der Waals surface area (Å²) in [5.74, 6) is 0.783. The number of aromatic nitrogens is 2. The zero-order chi connectivity index (χ0) is 20.8. The number of aryl methyl sites for hydroxylation is 1. The molecular formula is C21H24Cl2N4O2. The molecule has 1 atom stereocenters. The summed E-state index contributed by atoms with van der Waals surface area (Å²) in [6.45, 7) is 1.39. The second-order valence-corrected chi connectivity index (χ2v) is 7.48. The highest BCUT2D eigenvalue weighted by atomic mass is 35.5. The number of nitrogens with two attached hydrogens (primary N) is 1. The Hall–Kier alpha value is -2.28. The summed E-state index contributed by atoms with van der Waals surface area (Å²) >= 11 is 11.9. The minimum Gasteiger partial charge on any atom is -0.480 e. The minimum absolute atomic E-state index is 0.308. The largest absolute Gasteiger partial charge is 0.480 e. The average Bonchev–Trinajstić information content (AvgIpc) is 3.09. The number of rotatable bonds is 10. The van der Waals surface area contributed by atoms with E-state index in [1.807, 2.05) is 48.5 Å². The van der Waals surface area contributed by atoms with Crippen LogP contribution in [0.4, 0.5) is 5.69 Å². The van der Waals surface area contributed by atoms with Gasteiger partial charge < -0.3 is 15.7 Å². The highest BCUT2D eigenvalue weighted by Crippen LogP contribution is 2.27. The van der Waals surface area contributed by atoms with Crippen LogP contribution in [0.2, 0.25) is 0 Å². The van der Waals surface area contributed by atoms with Gasteiger partial charge in [0.2, 0.25) is 0 Å². The average molecular weight is 435 g/mol. The van der Waals surface area contributed by atoms with E-state index >= 15 is 0 Å². The number of carboxylic acids is 1. The molecule has 0 radical (unpaired) electrons. The van der Waals surface area contributed by atoms with E-state index in [-0.39, 0.29) is 0 Å². The number of benzene rings is 2. The van der Waals surface area contributed by atoms with Gasteiger partial charge in [-0.3, -0.25) is 9.36 Å². The van der Waals surface area contributed by atoms with Gasteiger partial charge >= 0.3 is 5.97 Å². The summed E-state index contributed by atoms with van der Waals surface area (Å²) in [5, 5.41) is 9.11. The number of hydrogen-bond donors (Lipinski definition) is 2. The van der Waals surface area contributed by atoms with Gasteiger partial charge in [0.1, 0.15) is 11.9 Å². The third kappa shape index (κ3) is 5.01. The Morgan fingerprint density at radius 3 is 2.45 bits per heavy atom. The molecule has 0 aliphatic rings. The number of aliphatic carboxylic acids is 1. The normalized spacial score (nSPS) is 12.2. The number of hydrogen-bond acceptors (Lipinski definition) is 4. The fourth-order valence-corrected chi connectivity index (χ4v) is 3.74. The summed E-state index contributed by atoms with van der Waals surface area (Å²) in [5.41, 5.74) is 9.47. The molecule has 154 valence electrons. The number of fused-ring (bicyclic) bond motifs is 1. The molecule has 1 aromatic heterocycles. The van der Waals surface area contributed by atoms with Crippen molar-refractivity contribution in [3.05, 3.63) is 54.4 Å². The summed E-state index contributed by atoms with van der Waals surface area (Å²) < 4.78 is 2.06. The predicted molar refractivity (Wildman–Crippen MR) is 119 cm³/mol. The Kier molecular flexibility index (Phi) is 7.36. The number of carbonyl (C=O) groups is 1. The van der Waals surface area contributed by atoms with Crippen molar-refractivity contribution in [3.8, 4) is 5.69 Å². The molecule has 3 N–H and O–H groups in total. The highest BCUT2D eigenvalue weighted by Gasteiger charge is 2.17. The standard InChI is InChI=1S/C21H24Cl2N4O2/c22-10-12-26(13-11-23)16-6-8-19-18(14-16)25-20(9-7-17(24)21(28)29)27(19)15-4-2-1-3-5-15/h1-6,8,14,17H,7,9-13,24H2,(H,28,29). The lowest BCUT2D eigenvalue weighted by atomic mass is 10.1. The lowest BCUT2D eigenvalue weighted by Crippen LogP contribution is -2.30. The molecule has 3 rings (SSSR count). The second kappa shape index (κ2) is 9.96. The molecule has 0 spiro atoms. The summed E-state index contributed by atoms with van der Waals surface area (Å²) in [7, 11) is 0. The monoisotopic (exact) mass is 434 g/mol. The zero-order valence-electron chi connectivity index (χ0n) is 16.0. The van der Waals surface area contributed by atoms with Crippen molar-refractivity contribution in [1.82, 2.24) is 9.55 Å². The molecule has 0 saturated heterocycles. The molecule has 8 heteroatoms. The van der Waals surface area contributed by atoms with Crippen LogP contribution in [0, 0.1) is 0 Å². The molecule has 0 amide bonds. The van der Waals surface area contributed by atoms with E-state index in [9.17, 15) is 4.79 Å². The van der Waals surface area contributed by atoms with Crippen LogP contribution in [0.3, 0.4) is 0 Å². The van der Waals surface area contributed by atoms with E-state index in [0.29, 0.717) is 37.7 Å². The molecular weight excluding hydrogens is 411 g/mol. The van der Waals surface area contributed by atoms with Crippen LogP contribution in [0.5, 0.6) is 0 Å². The molecule has 1 heterocycles. The molecule has 0 bridgehead atoms. The SMILES string of the molecule is NC(CCc1nc2cc(N(CCCl)CCCl)ccc2n1-c1ccccc1)C(=O)O. The van der Waals surface area contributed by atoms with Crippen LogP contribution in [0.25, 0.3) is 16.7 Å². The first-order chi connectivity index (χ1) is 14.0. The molecule has 1 unspecified atom stereocenters. The van der Waals surface area contributed by atoms with Crippen LogP contribution >= 0.6 is 23.2 Å². The molecule has 0 aliphatic heterocycles. The van der Waals surface area contributed by atoms with Gasteiger partial charge in [0.05, 0.1) is 11.0 Å². The first kappa shape index (κ1) is 21.4. The smallest absolute Gasteiger partial charge is 0.320 e. The van der Waals surface area contributed by atoms with Crippen molar-refractivity contribution in [2.45, 2.75) is 18.9 Å². The number of nitrogens with zero attached hydrogens (tertiary/aromatic N) is 3. The molecule has 29 heavy (non-hydrogen) atoms. The van der Waals surface area contributed by atoms with Crippen LogP contribution in [-0.4, -0.2) is 51.5 Å². The second-order valence-electron chi connectivity index (χ2n) is 6.72. The maximum absolute atomic E-state index is 11.1. The fraction of sp³-hybridized carbons (Fsp3) is 0.333. The molecule has 6 nitrogen and oxygen atoms in total. The first-order valence-electron chi connectivity index (χ1n) is 9.47. The third-order valence-electron chi connectivity index (χ3n) is 4.79. The number of halogens is 2. The maximum atomic E-state index is 11.1. The van der Waals surface area contributed by atoms with E-state index < -0.39 is 12.0 Å². The lowest BCUT2D eigenvalue weighted by Gasteiger charge is -2.22. The van der Waals surface area contributed by atoms with Gasteiger partial charge in [0.25, 0.3) is 0 Å². The molecule has 0 aliphatic carbocycles. The topological polar surface area (TPSA) is 84.4 Å². The van der Waals surface area contributed by atoms with E-state index in [0.717, 1.165) is 28.2 Å². The van der Waals surface area contributed by atoms with E-state index in [1.54, 1.807) is 0 Å². The number of carboxylic acid groups (broad SMARTS) is 1. The van der Waals surface area contributed by atoms with Gasteiger partial charge in [0, 0.05) is 42.6 Å². The van der Waals surface area contributed by atoms with Crippen molar-refractivity contribution < 1.29 is 9.90 Å². The van der Waals surface area contributed by atoms with Crippen molar-refractivity contribution >= 4 is 45.9 Å². The van der Waals surface area contributed by atoms with E-state index in [2.05, 4.69) is 9.47 Å². The maximum Gasteiger partial charge on any atom is 0.320 e. The summed E-state index contributed by atoms with van der Waals surface area (Å²) in [6.07, 6.45) is 0.766. The van der Waals surface area contributed by atoms with Gasteiger partial charge in [-0.05, 0) is 36.8 Å². The van der Waals surface area contributed by atoms with Crippen molar-refractivity contribution in [1.29, 1.82) is 0 Å². The minimum atomic E-state index is -1.01. The van der Waals surface area contributed by atoms with E-state index in [1.165, 1.54) is 0 Å². The first-order valence-corrected chi connectivity index (χ1v) is 10.5. The Bertz CT molecular complexity index is 956. The van der Waals surface area contributed by atoms with Gasteiger partial charge in [-0.1, -0.05) is 18.2 Å². The summed E-state index contributed by atoms with van der Waals surface area (Å²) in [4.78, 5) is 18.0. The molecule has 0 saturated carbocycles. The van der Waals surface area contributed by atoms with Crippen LogP contribution in [-0.2, 0) is 11.2 Å². The van der Waals surface area contributed by atoms with Crippen molar-refractivity contribution in [2.24, 2.45) is 5.73 Å². The third-order valence-corrected chi connectivity index (χ3v) is 5.13. The number of para-hydroxylation sites is 1. The van der Waals surface area contributed by atoms with Gasteiger partial charge in [-0.15, -0.1) is 23.2 Å². The van der Waals surface area contributed by atoms with Crippen LogP contribution in [0.1, 0.15) is 12.2 Å². The zero-order valence-corrected chi connectivity index (χ0v) is 17.5. The van der Waals surface area contributed by atoms with Crippen LogP contribution < -0.4 is 10.6 Å². The Morgan fingerprint density at radius 2 is 1.83 bits per heavy atom. The van der Waals surface area contributed by atoms with Gasteiger partial charge in [-0.25, -0.2) is 4.98 Å². The van der Waals surface area contributed by atoms with Gasteiger partial charge in [-0.2, -0.15) is 0 Å². The van der Waals surface area contributed by atoms with Crippen molar-refractivity contribution in [3.63, 3.8) is 0 Å². The Balaban J connectivity index is 2.04. The Morgan fingerprint density at radius 1 is 1.14 bits per heavy atom. The van der Waals surface area contributed by atoms with E-state index in [4.69, 9.17) is 39.0 Å². The number of anilines is 1. The van der Waals surface area contributed by atoms with Crippen LogP contribution in [0.15, 0.2) is 48.5 Å². The van der Waals surface area contributed by atoms with Crippen molar-refractivity contribution in [2.75, 3.05) is 29.7 Å². The summed E-state index contributed by atoms with van der Waals surface area (Å²) in [6, 6.07) is 15.1.